The first-order valence-corrected chi connectivity index (χ1v) is 12.8. The van der Waals surface area contributed by atoms with Gasteiger partial charge in [0.15, 0.2) is 5.78 Å². The number of nitrogens with zero attached hydrogens (tertiary/aromatic N) is 2. The molecule has 0 atom stereocenters. The minimum absolute atomic E-state index is 0.172. The van der Waals surface area contributed by atoms with Crippen molar-refractivity contribution in [3.63, 3.8) is 0 Å². The van der Waals surface area contributed by atoms with Gasteiger partial charge in [-0.15, -0.1) is 11.3 Å². The van der Waals surface area contributed by atoms with Gasteiger partial charge in [0.2, 0.25) is 0 Å². The summed E-state index contributed by atoms with van der Waals surface area (Å²) in [6, 6.07) is 8.61. The van der Waals surface area contributed by atoms with E-state index in [0.29, 0.717) is 34.2 Å². The maximum Gasteiger partial charge on any atom is 0.416 e. The van der Waals surface area contributed by atoms with Crippen LogP contribution in [0.3, 0.4) is 0 Å². The van der Waals surface area contributed by atoms with Crippen LogP contribution < -0.4 is 10.6 Å². The van der Waals surface area contributed by atoms with Crippen LogP contribution in [0.2, 0.25) is 0 Å². The van der Waals surface area contributed by atoms with Crippen LogP contribution in [0.15, 0.2) is 48.1 Å². The van der Waals surface area contributed by atoms with Crippen LogP contribution in [0.1, 0.15) is 55.8 Å². The fraction of sp³-hybridized carbons (Fsp3) is 0.259. The van der Waals surface area contributed by atoms with Crippen LogP contribution in [0, 0.1) is 6.92 Å². The largest absolute Gasteiger partial charge is 0.416 e. The fourth-order valence-corrected chi connectivity index (χ4v) is 5.03. The summed E-state index contributed by atoms with van der Waals surface area (Å²) in [6.07, 6.45) is -1.34. The van der Waals surface area contributed by atoms with E-state index in [9.17, 15) is 27.9 Å². The maximum absolute atomic E-state index is 13.3. The van der Waals surface area contributed by atoms with Gasteiger partial charge in [-0.25, -0.2) is 9.97 Å². The number of nitrogens with one attached hydrogen (secondary N) is 2. The van der Waals surface area contributed by atoms with E-state index in [-0.39, 0.29) is 23.1 Å². The number of thiophene rings is 1. The predicted molar refractivity (Wildman–Crippen MR) is 139 cm³/mol. The molecule has 7 nitrogen and oxygen atoms in total. The molecule has 0 saturated heterocycles. The molecular weight excluding hydrogens is 517 g/mol. The van der Waals surface area contributed by atoms with Gasteiger partial charge in [0.1, 0.15) is 12.1 Å². The van der Waals surface area contributed by atoms with Crippen molar-refractivity contribution < 1.29 is 27.9 Å². The molecule has 5 rings (SSSR count). The number of fused-ring (bicyclic) bond motifs is 1. The molecule has 1 aliphatic carbocycles. The third kappa shape index (κ3) is 5.39. The van der Waals surface area contributed by atoms with E-state index in [1.807, 2.05) is 0 Å². The Morgan fingerprint density at radius 2 is 1.92 bits per heavy atom. The fourth-order valence-electron chi connectivity index (χ4n) is 4.08. The summed E-state index contributed by atoms with van der Waals surface area (Å²) < 4.78 is 40.8. The van der Waals surface area contributed by atoms with Crippen LogP contribution in [-0.2, 0) is 19.2 Å². The molecule has 0 unspecified atom stereocenters. The number of halogens is 3. The molecule has 0 aliphatic heterocycles. The van der Waals surface area contributed by atoms with Crippen molar-refractivity contribution in [3.8, 4) is 0 Å². The molecule has 1 fully saturated rings. The number of aromatic nitrogens is 2. The van der Waals surface area contributed by atoms with E-state index in [1.54, 1.807) is 24.4 Å². The number of anilines is 2. The van der Waals surface area contributed by atoms with Crippen molar-refractivity contribution in [2.24, 2.45) is 0 Å². The Labute approximate surface area is 219 Å². The van der Waals surface area contributed by atoms with Gasteiger partial charge in [0.05, 0.1) is 28.0 Å². The number of rotatable bonds is 8. The van der Waals surface area contributed by atoms with Crippen LogP contribution >= 0.6 is 11.3 Å². The number of carbonyl (C=O) groups excluding carboxylic acids is 2. The molecule has 2 heterocycles. The lowest BCUT2D eigenvalue weighted by molar-refractivity contribution is -0.138. The summed E-state index contributed by atoms with van der Waals surface area (Å²) in [5.74, 6) is -0.102. The molecule has 0 radical (unpaired) electrons. The van der Waals surface area contributed by atoms with E-state index >= 15 is 0 Å². The highest BCUT2D eigenvalue weighted by atomic mass is 32.1. The Bertz CT molecular complexity index is 1550. The Balaban J connectivity index is 1.35. The molecule has 0 bridgehead atoms. The number of aliphatic hydroxyl groups is 1. The zero-order valence-corrected chi connectivity index (χ0v) is 21.0. The number of Topliss-reactive ketones (excluding diaryl/α,β-unsaturated/α-hetero) is 1. The van der Waals surface area contributed by atoms with Gasteiger partial charge >= 0.3 is 6.18 Å². The summed E-state index contributed by atoms with van der Waals surface area (Å²) in [4.78, 5) is 34.7. The summed E-state index contributed by atoms with van der Waals surface area (Å²) in [5.41, 5.74) is 1.24. The van der Waals surface area contributed by atoms with Crippen LogP contribution in [-0.4, -0.2) is 32.8 Å². The Morgan fingerprint density at radius 1 is 1.13 bits per heavy atom. The van der Waals surface area contributed by atoms with E-state index < -0.39 is 30.0 Å². The smallest absolute Gasteiger partial charge is 0.392 e. The van der Waals surface area contributed by atoms with Crippen molar-refractivity contribution in [3.05, 3.63) is 81.5 Å². The molecule has 11 heteroatoms. The van der Waals surface area contributed by atoms with Crippen LogP contribution in [0.25, 0.3) is 10.2 Å². The molecule has 2 aromatic heterocycles. The lowest BCUT2D eigenvalue weighted by atomic mass is 9.97. The molecule has 1 aliphatic rings. The number of aliphatic hydroxyl groups excluding tert-OH is 1. The standard InChI is InChI=1S/C27H23F3N4O3S/c1-14-2-4-16(22(36)9-15-3-5-17(11-35)20(8-15)27(28,29)30)10-21(14)34-26(37)19-12-38-24-23(19)31-13-32-25(24)33-18-6-7-18/h2-5,8,10,12-13,18,35H,6-7,9,11H2,1H3,(H,34,37)(H,31,32,33). The molecule has 3 N–H and O–H groups in total. The quantitative estimate of drug-likeness (QED) is 0.246. The summed E-state index contributed by atoms with van der Waals surface area (Å²) in [7, 11) is 0. The lowest BCUT2D eigenvalue weighted by Gasteiger charge is -2.13. The number of aryl methyl sites for hydroxylation is 1. The number of hydrogen-bond donors (Lipinski definition) is 3. The van der Waals surface area contributed by atoms with Gasteiger partial charge in [-0.05, 0) is 48.6 Å². The minimum Gasteiger partial charge on any atom is -0.392 e. The number of alkyl halides is 3. The second-order valence-electron chi connectivity index (χ2n) is 9.20. The van der Waals surface area contributed by atoms with Crippen molar-refractivity contribution in [2.45, 2.75) is 45.0 Å². The Kier molecular flexibility index (Phi) is 6.89. The normalized spacial score (nSPS) is 13.5. The predicted octanol–water partition coefficient (Wildman–Crippen LogP) is 5.76. The van der Waals surface area contributed by atoms with E-state index in [2.05, 4.69) is 20.6 Å². The Hall–Kier alpha value is -3.83. The zero-order valence-electron chi connectivity index (χ0n) is 20.2. The van der Waals surface area contributed by atoms with Gasteiger partial charge in [0, 0.05) is 29.1 Å². The number of ketones is 1. The van der Waals surface area contributed by atoms with Gasteiger partial charge < -0.3 is 15.7 Å². The molecule has 1 saturated carbocycles. The number of carbonyl (C=O) groups is 2. The topological polar surface area (TPSA) is 104 Å². The zero-order chi connectivity index (χ0) is 27.0. The summed E-state index contributed by atoms with van der Waals surface area (Å²) in [5, 5.41) is 17.1. The van der Waals surface area contributed by atoms with Crippen molar-refractivity contribution >= 4 is 44.7 Å². The second-order valence-corrected chi connectivity index (χ2v) is 10.1. The molecule has 0 spiro atoms. The van der Waals surface area contributed by atoms with Crippen molar-refractivity contribution in [1.29, 1.82) is 0 Å². The van der Waals surface area contributed by atoms with Crippen molar-refractivity contribution in [1.82, 2.24) is 9.97 Å². The summed E-state index contributed by atoms with van der Waals surface area (Å²) in [6.45, 7) is 1.02. The van der Waals surface area contributed by atoms with Crippen LogP contribution in [0.5, 0.6) is 0 Å². The summed E-state index contributed by atoms with van der Waals surface area (Å²) >= 11 is 1.37. The highest BCUT2D eigenvalue weighted by molar-refractivity contribution is 7.18. The minimum atomic E-state index is -4.65. The van der Waals surface area contributed by atoms with Crippen molar-refractivity contribution in [2.75, 3.05) is 10.6 Å². The third-order valence-corrected chi connectivity index (χ3v) is 7.31. The number of amides is 1. The molecule has 38 heavy (non-hydrogen) atoms. The van der Waals surface area contributed by atoms with Gasteiger partial charge in [-0.3, -0.25) is 9.59 Å². The van der Waals surface area contributed by atoms with Gasteiger partial charge in [-0.2, -0.15) is 13.2 Å². The third-order valence-electron chi connectivity index (χ3n) is 6.34. The first-order valence-electron chi connectivity index (χ1n) is 11.9. The SMILES string of the molecule is Cc1ccc(C(=O)Cc2ccc(CO)c(C(F)(F)F)c2)cc1NC(=O)c1csc2c(NC3CC3)ncnc12. The van der Waals surface area contributed by atoms with Crippen LogP contribution in [0.4, 0.5) is 24.7 Å². The monoisotopic (exact) mass is 540 g/mol. The maximum atomic E-state index is 13.3. The molecule has 196 valence electrons. The van der Waals surface area contributed by atoms with E-state index in [4.69, 9.17) is 0 Å². The molecule has 2 aromatic carbocycles. The van der Waals surface area contributed by atoms with E-state index in [1.165, 1.54) is 35.9 Å². The Morgan fingerprint density at radius 3 is 2.63 bits per heavy atom. The molecular formula is C27H23F3N4O3S. The second kappa shape index (κ2) is 10.1. The first kappa shape index (κ1) is 25.8. The first-order chi connectivity index (χ1) is 18.1. The number of benzene rings is 2. The average Bonchev–Trinajstić information content (AvgIpc) is 3.59. The van der Waals surface area contributed by atoms with Gasteiger partial charge in [0.25, 0.3) is 5.91 Å². The average molecular weight is 541 g/mol. The number of hydrogen-bond acceptors (Lipinski definition) is 7. The molecule has 4 aromatic rings. The highest BCUT2D eigenvalue weighted by Crippen LogP contribution is 2.34. The lowest BCUT2D eigenvalue weighted by Crippen LogP contribution is -2.14. The molecule has 1 amide bonds. The highest BCUT2D eigenvalue weighted by Gasteiger charge is 2.33. The van der Waals surface area contributed by atoms with E-state index in [0.717, 1.165) is 23.6 Å². The van der Waals surface area contributed by atoms with Gasteiger partial charge in [-0.1, -0.05) is 24.3 Å².